The Bertz CT molecular complexity index is 812. The maximum absolute atomic E-state index is 12.6. The minimum absolute atomic E-state index is 0.00878. The van der Waals surface area contributed by atoms with Gasteiger partial charge in [0.25, 0.3) is 5.56 Å². The van der Waals surface area contributed by atoms with Crippen LogP contribution >= 0.6 is 0 Å². The zero-order chi connectivity index (χ0) is 21.3. The van der Waals surface area contributed by atoms with Crippen LogP contribution in [0.3, 0.4) is 0 Å². The first-order valence-corrected chi connectivity index (χ1v) is 11.9. The molecule has 1 amide bonds. The normalized spacial score (nSPS) is 15.6. The van der Waals surface area contributed by atoms with Gasteiger partial charge >= 0.3 is 0 Å². The highest BCUT2D eigenvalue weighted by atomic mass is 32.2. The first-order chi connectivity index (χ1) is 13.9. The van der Waals surface area contributed by atoms with Gasteiger partial charge in [-0.05, 0) is 25.3 Å². The fraction of sp³-hybridized carbons (Fsp3) is 0.700. The number of carbonyl (C=O) groups is 1. The van der Waals surface area contributed by atoms with Gasteiger partial charge in [0.05, 0.1) is 11.0 Å². The third-order valence-electron chi connectivity index (χ3n) is 5.16. The van der Waals surface area contributed by atoms with Crippen molar-refractivity contribution in [3.05, 3.63) is 28.7 Å². The van der Waals surface area contributed by atoms with Crippen LogP contribution in [0, 0.1) is 0 Å². The zero-order valence-electron chi connectivity index (χ0n) is 17.4. The van der Waals surface area contributed by atoms with Gasteiger partial charge in [-0.2, -0.15) is 4.31 Å². The number of sulfonamides is 1. The highest BCUT2D eigenvalue weighted by Gasteiger charge is 2.22. The standard InChI is InChI=1S/C20H33N3O5S/c1-3-23(4-2)29(26,27)18-11-12-20(25)22(15-18)16-19(24)21-13-8-14-28-17-9-6-5-7-10-17/h11-12,15,17H,3-10,13-14,16H2,1-2H3,(H,21,24). The molecule has 0 unspecified atom stereocenters. The highest BCUT2D eigenvalue weighted by molar-refractivity contribution is 7.89. The van der Waals surface area contributed by atoms with Gasteiger partial charge in [-0.3, -0.25) is 9.59 Å². The molecule has 1 aromatic rings. The lowest BCUT2D eigenvalue weighted by molar-refractivity contribution is -0.121. The lowest BCUT2D eigenvalue weighted by Gasteiger charge is -2.21. The van der Waals surface area contributed by atoms with E-state index in [9.17, 15) is 18.0 Å². The Hall–Kier alpha value is -1.71. The molecule has 2 rings (SSSR count). The summed E-state index contributed by atoms with van der Waals surface area (Å²) in [5, 5.41) is 2.76. The average Bonchev–Trinajstić information content (AvgIpc) is 2.70. The molecule has 164 valence electrons. The minimum Gasteiger partial charge on any atom is -0.378 e. The van der Waals surface area contributed by atoms with Gasteiger partial charge in [0.15, 0.2) is 0 Å². The Morgan fingerprint density at radius 1 is 1.21 bits per heavy atom. The number of hydrogen-bond acceptors (Lipinski definition) is 5. The summed E-state index contributed by atoms with van der Waals surface area (Å²) in [7, 11) is -3.69. The second-order valence-electron chi connectivity index (χ2n) is 7.25. The van der Waals surface area contributed by atoms with E-state index in [4.69, 9.17) is 4.74 Å². The number of aromatic nitrogens is 1. The summed E-state index contributed by atoms with van der Waals surface area (Å²) in [5.41, 5.74) is -0.417. The number of nitrogens with one attached hydrogen (secondary N) is 1. The average molecular weight is 428 g/mol. The van der Waals surface area contributed by atoms with Crippen molar-refractivity contribution in [2.24, 2.45) is 0 Å². The van der Waals surface area contributed by atoms with Crippen molar-refractivity contribution >= 4 is 15.9 Å². The van der Waals surface area contributed by atoms with E-state index < -0.39 is 15.6 Å². The molecule has 0 bridgehead atoms. The van der Waals surface area contributed by atoms with Crippen LogP contribution in [-0.4, -0.2) is 55.5 Å². The Balaban J connectivity index is 1.85. The molecule has 8 nitrogen and oxygen atoms in total. The summed E-state index contributed by atoms with van der Waals surface area (Å²) < 4.78 is 33.5. The Kier molecular flexibility index (Phi) is 9.32. The lowest BCUT2D eigenvalue weighted by Crippen LogP contribution is -2.35. The molecule has 29 heavy (non-hydrogen) atoms. The highest BCUT2D eigenvalue weighted by Crippen LogP contribution is 2.20. The molecule has 0 atom stereocenters. The predicted molar refractivity (Wildman–Crippen MR) is 111 cm³/mol. The quantitative estimate of drug-likeness (QED) is 0.543. The van der Waals surface area contributed by atoms with Crippen molar-refractivity contribution in [3.63, 3.8) is 0 Å². The summed E-state index contributed by atoms with van der Waals surface area (Å²) in [5.74, 6) is -0.331. The molecule has 0 radical (unpaired) electrons. The molecule has 1 saturated carbocycles. The Morgan fingerprint density at radius 3 is 2.55 bits per heavy atom. The molecule has 0 aromatic carbocycles. The van der Waals surface area contributed by atoms with E-state index in [1.54, 1.807) is 13.8 Å². The number of carbonyl (C=O) groups excluding carboxylic acids is 1. The third-order valence-corrected chi connectivity index (χ3v) is 7.20. The lowest BCUT2D eigenvalue weighted by atomic mass is 9.98. The third kappa shape index (κ3) is 6.94. The number of amides is 1. The molecule has 1 aliphatic carbocycles. The Morgan fingerprint density at radius 2 is 1.90 bits per heavy atom. The Labute approximate surface area is 173 Å². The first kappa shape index (κ1) is 23.6. The number of nitrogens with zero attached hydrogens (tertiary/aromatic N) is 2. The zero-order valence-corrected chi connectivity index (χ0v) is 18.2. The van der Waals surface area contributed by atoms with Crippen molar-refractivity contribution in [1.29, 1.82) is 0 Å². The van der Waals surface area contributed by atoms with Crippen LogP contribution in [0.4, 0.5) is 0 Å². The summed E-state index contributed by atoms with van der Waals surface area (Å²) in [6.07, 6.45) is 8.23. The van der Waals surface area contributed by atoms with Gasteiger partial charge < -0.3 is 14.6 Å². The fourth-order valence-electron chi connectivity index (χ4n) is 3.49. The number of pyridine rings is 1. The van der Waals surface area contributed by atoms with Crippen LogP contribution in [0.25, 0.3) is 0 Å². The summed E-state index contributed by atoms with van der Waals surface area (Å²) >= 11 is 0. The van der Waals surface area contributed by atoms with Gasteiger partial charge in [-0.25, -0.2) is 8.42 Å². The molecule has 1 aliphatic rings. The predicted octanol–water partition coefficient (Wildman–Crippen LogP) is 1.73. The maximum Gasteiger partial charge on any atom is 0.251 e. The van der Waals surface area contributed by atoms with Gasteiger partial charge in [0, 0.05) is 38.5 Å². The van der Waals surface area contributed by atoms with E-state index in [-0.39, 0.29) is 17.3 Å². The van der Waals surface area contributed by atoms with Gasteiger partial charge in [0.1, 0.15) is 6.54 Å². The smallest absolute Gasteiger partial charge is 0.251 e. The van der Waals surface area contributed by atoms with Crippen molar-refractivity contribution in [2.45, 2.75) is 69.9 Å². The van der Waals surface area contributed by atoms with E-state index in [0.717, 1.165) is 17.4 Å². The van der Waals surface area contributed by atoms with Crippen LogP contribution in [0.1, 0.15) is 52.4 Å². The molecule has 0 aliphatic heterocycles. The molecule has 0 saturated heterocycles. The molecule has 1 fully saturated rings. The topological polar surface area (TPSA) is 97.7 Å². The van der Waals surface area contributed by atoms with Gasteiger partial charge in [-0.1, -0.05) is 33.1 Å². The van der Waals surface area contributed by atoms with Gasteiger partial charge in [0.2, 0.25) is 15.9 Å². The van der Waals surface area contributed by atoms with E-state index in [1.807, 2.05) is 0 Å². The summed E-state index contributed by atoms with van der Waals surface area (Å²) in [4.78, 5) is 24.2. The second-order valence-corrected chi connectivity index (χ2v) is 9.19. The monoisotopic (exact) mass is 427 g/mol. The van der Waals surface area contributed by atoms with Crippen molar-refractivity contribution in [3.8, 4) is 0 Å². The van der Waals surface area contributed by atoms with Crippen LogP contribution in [0.2, 0.25) is 0 Å². The van der Waals surface area contributed by atoms with Gasteiger partial charge in [-0.15, -0.1) is 0 Å². The van der Waals surface area contributed by atoms with Crippen LogP contribution in [-0.2, 0) is 26.1 Å². The SMILES string of the molecule is CCN(CC)S(=O)(=O)c1ccc(=O)n(CC(=O)NCCCOC2CCCCC2)c1. The molecule has 1 aromatic heterocycles. The summed E-state index contributed by atoms with van der Waals surface area (Å²) in [6.45, 7) is 5.01. The number of rotatable bonds is 11. The molecule has 1 heterocycles. The molecular weight excluding hydrogens is 394 g/mol. The van der Waals surface area contributed by atoms with E-state index >= 15 is 0 Å². The molecule has 1 N–H and O–H groups in total. The number of ether oxygens (including phenoxy) is 1. The fourth-order valence-corrected chi connectivity index (χ4v) is 4.97. The molecule has 9 heteroatoms. The maximum atomic E-state index is 12.6. The van der Waals surface area contributed by atoms with Crippen molar-refractivity contribution < 1.29 is 17.9 Å². The van der Waals surface area contributed by atoms with Crippen LogP contribution in [0.15, 0.2) is 28.0 Å². The molecule has 0 spiro atoms. The van der Waals surface area contributed by atoms with E-state index in [0.29, 0.717) is 38.8 Å². The van der Waals surface area contributed by atoms with Crippen molar-refractivity contribution in [2.75, 3.05) is 26.2 Å². The largest absolute Gasteiger partial charge is 0.378 e. The second kappa shape index (κ2) is 11.5. The van der Waals surface area contributed by atoms with E-state index in [1.165, 1.54) is 41.9 Å². The summed E-state index contributed by atoms with van der Waals surface area (Å²) in [6, 6.07) is 2.47. The first-order valence-electron chi connectivity index (χ1n) is 10.5. The minimum atomic E-state index is -3.69. The van der Waals surface area contributed by atoms with Crippen LogP contribution in [0.5, 0.6) is 0 Å². The van der Waals surface area contributed by atoms with E-state index in [2.05, 4.69) is 5.32 Å². The number of hydrogen-bond donors (Lipinski definition) is 1. The molecular formula is C20H33N3O5S. The van der Waals surface area contributed by atoms with Crippen LogP contribution < -0.4 is 10.9 Å². The van der Waals surface area contributed by atoms with Crippen molar-refractivity contribution in [1.82, 2.24) is 14.2 Å².